The molecule has 2 atom stereocenters. The Bertz CT molecular complexity index is 614. The summed E-state index contributed by atoms with van der Waals surface area (Å²) in [4.78, 5) is 4.23. The van der Waals surface area contributed by atoms with Gasteiger partial charge in [0.15, 0.2) is 0 Å². The molecule has 1 aliphatic rings. The third-order valence-electron chi connectivity index (χ3n) is 4.03. The summed E-state index contributed by atoms with van der Waals surface area (Å²) in [6.45, 7) is 3.69. The number of nitrogens with zero attached hydrogens (tertiary/aromatic N) is 1. The van der Waals surface area contributed by atoms with Gasteiger partial charge >= 0.3 is 0 Å². The molecule has 21 heavy (non-hydrogen) atoms. The third kappa shape index (κ3) is 2.85. The normalized spacial score (nSPS) is 18.6. The summed E-state index contributed by atoms with van der Waals surface area (Å²) in [5, 5.41) is 3.54. The van der Waals surface area contributed by atoms with Crippen LogP contribution >= 0.6 is 0 Å². The lowest BCUT2D eigenvalue weighted by Crippen LogP contribution is -2.35. The lowest BCUT2D eigenvalue weighted by atomic mass is 9.86. The van der Waals surface area contributed by atoms with E-state index in [2.05, 4.69) is 29.4 Å². The third-order valence-corrected chi connectivity index (χ3v) is 4.03. The highest BCUT2D eigenvalue weighted by Crippen LogP contribution is 2.34. The highest BCUT2D eigenvalue weighted by molar-refractivity contribution is 5.47. The fourth-order valence-electron chi connectivity index (χ4n) is 2.99. The van der Waals surface area contributed by atoms with E-state index in [1.54, 1.807) is 6.20 Å². The van der Waals surface area contributed by atoms with Gasteiger partial charge in [-0.25, -0.2) is 0 Å². The quantitative estimate of drug-likeness (QED) is 0.905. The van der Waals surface area contributed by atoms with Crippen LogP contribution in [0.5, 0.6) is 5.75 Å². The summed E-state index contributed by atoms with van der Waals surface area (Å²) >= 11 is 0. The molecule has 2 aromatic rings. The van der Waals surface area contributed by atoms with Gasteiger partial charge in [-0.05, 0) is 30.7 Å². The first-order valence-electron chi connectivity index (χ1n) is 7.43. The molecule has 3 N–H and O–H groups in total. The molecule has 0 spiro atoms. The number of hydrogen-bond acceptors (Lipinski definition) is 4. The molecule has 0 saturated heterocycles. The van der Waals surface area contributed by atoms with Crippen molar-refractivity contribution in [3.05, 3.63) is 53.9 Å². The SMILES string of the molecule is CCNC(c1cnccc1N)C1COc2ccccc2C1. The van der Waals surface area contributed by atoms with E-state index >= 15 is 0 Å². The highest BCUT2D eigenvalue weighted by atomic mass is 16.5. The standard InChI is InChI=1S/C17H21N3O/c1-2-20-17(14-10-19-8-7-15(14)18)13-9-12-5-3-4-6-16(12)21-11-13/h3-8,10,13,17,20H,2,9,11H2,1H3,(H2,18,19). The molecule has 1 aromatic heterocycles. The number of nitrogens with one attached hydrogen (secondary N) is 1. The Morgan fingerprint density at radius 3 is 3.05 bits per heavy atom. The molecule has 2 unspecified atom stereocenters. The van der Waals surface area contributed by atoms with Crippen molar-refractivity contribution in [3.8, 4) is 5.75 Å². The Kier molecular flexibility index (Phi) is 4.06. The molecule has 0 aliphatic carbocycles. The van der Waals surface area contributed by atoms with Gasteiger partial charge in [-0.15, -0.1) is 0 Å². The number of fused-ring (bicyclic) bond motifs is 1. The first-order valence-corrected chi connectivity index (χ1v) is 7.43. The van der Waals surface area contributed by atoms with Gasteiger partial charge < -0.3 is 15.8 Å². The summed E-state index contributed by atoms with van der Waals surface area (Å²) in [6.07, 6.45) is 4.58. The first kappa shape index (κ1) is 13.9. The molecule has 0 radical (unpaired) electrons. The number of nitrogens with two attached hydrogens (primary N) is 1. The number of hydrogen-bond donors (Lipinski definition) is 2. The van der Waals surface area contributed by atoms with Crippen molar-refractivity contribution in [2.45, 2.75) is 19.4 Å². The molecule has 3 rings (SSSR count). The van der Waals surface area contributed by atoms with Crippen molar-refractivity contribution >= 4 is 5.69 Å². The van der Waals surface area contributed by atoms with Crippen molar-refractivity contribution in [1.82, 2.24) is 10.3 Å². The van der Waals surface area contributed by atoms with Crippen molar-refractivity contribution in [2.24, 2.45) is 5.92 Å². The first-order chi connectivity index (χ1) is 10.3. The molecule has 2 heterocycles. The fourth-order valence-corrected chi connectivity index (χ4v) is 2.99. The topological polar surface area (TPSA) is 60.2 Å². The van der Waals surface area contributed by atoms with E-state index in [4.69, 9.17) is 10.5 Å². The maximum Gasteiger partial charge on any atom is 0.122 e. The number of anilines is 1. The summed E-state index contributed by atoms with van der Waals surface area (Å²) in [5.74, 6) is 1.36. The molecule has 4 heteroatoms. The second-order valence-corrected chi connectivity index (χ2v) is 5.42. The van der Waals surface area contributed by atoms with Crippen LogP contribution in [0.1, 0.15) is 24.1 Å². The van der Waals surface area contributed by atoms with Gasteiger partial charge in [0.1, 0.15) is 5.75 Å². The van der Waals surface area contributed by atoms with Crippen LogP contribution < -0.4 is 15.8 Å². The number of ether oxygens (including phenoxy) is 1. The summed E-state index contributed by atoms with van der Waals surface area (Å²) < 4.78 is 5.92. The van der Waals surface area contributed by atoms with Crippen LogP contribution in [-0.4, -0.2) is 18.1 Å². The van der Waals surface area contributed by atoms with Crippen LogP contribution in [0.3, 0.4) is 0 Å². The largest absolute Gasteiger partial charge is 0.493 e. The van der Waals surface area contributed by atoms with Gasteiger partial charge in [0, 0.05) is 35.6 Å². The summed E-state index contributed by atoms with van der Waals surface area (Å²) in [6, 6.07) is 10.3. The lowest BCUT2D eigenvalue weighted by Gasteiger charge is -2.32. The minimum atomic E-state index is 0.164. The van der Waals surface area contributed by atoms with Gasteiger partial charge in [-0.1, -0.05) is 25.1 Å². The van der Waals surface area contributed by atoms with E-state index in [9.17, 15) is 0 Å². The van der Waals surface area contributed by atoms with E-state index in [-0.39, 0.29) is 6.04 Å². The Hall–Kier alpha value is -2.07. The maximum absolute atomic E-state index is 6.13. The van der Waals surface area contributed by atoms with Crippen LogP contribution in [0, 0.1) is 5.92 Å². The van der Waals surface area contributed by atoms with E-state index in [1.165, 1.54) is 5.56 Å². The number of aromatic nitrogens is 1. The molecule has 110 valence electrons. The van der Waals surface area contributed by atoms with Crippen molar-refractivity contribution < 1.29 is 4.74 Å². The van der Waals surface area contributed by atoms with E-state index in [0.29, 0.717) is 12.5 Å². The minimum Gasteiger partial charge on any atom is -0.493 e. The molecule has 1 aromatic carbocycles. The second-order valence-electron chi connectivity index (χ2n) is 5.42. The van der Waals surface area contributed by atoms with Crippen molar-refractivity contribution in [1.29, 1.82) is 0 Å². The molecule has 4 nitrogen and oxygen atoms in total. The number of para-hydroxylation sites is 1. The van der Waals surface area contributed by atoms with Gasteiger partial charge in [0.25, 0.3) is 0 Å². The zero-order chi connectivity index (χ0) is 14.7. The average molecular weight is 283 g/mol. The summed E-state index contributed by atoms with van der Waals surface area (Å²) in [7, 11) is 0. The smallest absolute Gasteiger partial charge is 0.122 e. The lowest BCUT2D eigenvalue weighted by molar-refractivity contribution is 0.185. The molecule has 1 aliphatic heterocycles. The Labute approximate surface area is 125 Å². The number of pyridine rings is 1. The Morgan fingerprint density at radius 2 is 2.24 bits per heavy atom. The summed E-state index contributed by atoms with van der Waals surface area (Å²) in [5.41, 5.74) is 9.24. The fraction of sp³-hybridized carbons (Fsp3) is 0.353. The van der Waals surface area contributed by atoms with Crippen LogP contribution in [0.25, 0.3) is 0 Å². The minimum absolute atomic E-state index is 0.164. The van der Waals surface area contributed by atoms with Crippen LogP contribution in [-0.2, 0) is 6.42 Å². The van der Waals surface area contributed by atoms with Gasteiger partial charge in [0.2, 0.25) is 0 Å². The highest BCUT2D eigenvalue weighted by Gasteiger charge is 2.29. The molecule has 0 saturated carbocycles. The maximum atomic E-state index is 6.13. The number of rotatable bonds is 4. The predicted octanol–water partition coefficient (Wildman–Crippen LogP) is 2.57. The van der Waals surface area contributed by atoms with Gasteiger partial charge in [-0.3, -0.25) is 4.98 Å². The molecule has 0 fully saturated rings. The van der Waals surface area contributed by atoms with Crippen LogP contribution in [0.2, 0.25) is 0 Å². The van der Waals surface area contributed by atoms with Crippen molar-refractivity contribution in [2.75, 3.05) is 18.9 Å². The van der Waals surface area contributed by atoms with E-state index < -0.39 is 0 Å². The zero-order valence-corrected chi connectivity index (χ0v) is 12.3. The monoisotopic (exact) mass is 283 g/mol. The molecular formula is C17H21N3O. The number of benzene rings is 1. The predicted molar refractivity (Wildman–Crippen MR) is 84.2 cm³/mol. The van der Waals surface area contributed by atoms with Crippen molar-refractivity contribution in [3.63, 3.8) is 0 Å². The van der Waals surface area contributed by atoms with Crippen LogP contribution in [0.4, 0.5) is 5.69 Å². The van der Waals surface area contributed by atoms with Gasteiger partial charge in [-0.2, -0.15) is 0 Å². The van der Waals surface area contributed by atoms with E-state index in [1.807, 2.05) is 24.4 Å². The molecule has 0 bridgehead atoms. The molecular weight excluding hydrogens is 262 g/mol. The van der Waals surface area contributed by atoms with Gasteiger partial charge in [0.05, 0.1) is 6.61 Å². The Balaban J connectivity index is 1.88. The second kappa shape index (κ2) is 6.14. The Morgan fingerprint density at radius 1 is 1.38 bits per heavy atom. The zero-order valence-electron chi connectivity index (χ0n) is 12.3. The van der Waals surface area contributed by atoms with E-state index in [0.717, 1.165) is 30.0 Å². The molecule has 0 amide bonds. The number of nitrogen functional groups attached to an aromatic ring is 1. The average Bonchev–Trinajstić information content (AvgIpc) is 2.53. The van der Waals surface area contributed by atoms with Crippen LogP contribution in [0.15, 0.2) is 42.7 Å².